The van der Waals surface area contributed by atoms with E-state index in [0.717, 1.165) is 50.8 Å². The molecule has 2 saturated carbocycles. The van der Waals surface area contributed by atoms with E-state index in [1.807, 2.05) is 6.92 Å². The lowest BCUT2D eigenvalue weighted by molar-refractivity contribution is -0.274. The van der Waals surface area contributed by atoms with E-state index in [4.69, 9.17) is 4.98 Å². The molecule has 1 N–H and O–H groups in total. The van der Waals surface area contributed by atoms with E-state index in [0.29, 0.717) is 23.0 Å². The molecule has 5 nitrogen and oxygen atoms in total. The second-order valence-electron chi connectivity index (χ2n) is 9.36. The zero-order chi connectivity index (χ0) is 23.4. The summed E-state index contributed by atoms with van der Waals surface area (Å²) in [7, 11) is 0. The van der Waals surface area contributed by atoms with Gasteiger partial charge in [0.25, 0.3) is 5.91 Å². The fourth-order valence-electron chi connectivity index (χ4n) is 5.13. The van der Waals surface area contributed by atoms with E-state index < -0.39 is 6.36 Å². The van der Waals surface area contributed by atoms with Crippen LogP contribution in [-0.4, -0.2) is 27.9 Å². The highest BCUT2D eigenvalue weighted by atomic mass is 19.4. The number of nitrogens with zero attached hydrogens (tertiary/aromatic N) is 2. The number of hydrogen-bond donors (Lipinski definition) is 1. The van der Waals surface area contributed by atoms with Gasteiger partial charge >= 0.3 is 6.36 Å². The highest BCUT2D eigenvalue weighted by molar-refractivity contribution is 5.94. The van der Waals surface area contributed by atoms with E-state index >= 15 is 0 Å². The molecular formula is C25H32F3N3O2. The Morgan fingerprint density at radius 2 is 1.64 bits per heavy atom. The van der Waals surface area contributed by atoms with Gasteiger partial charge in [-0.2, -0.15) is 0 Å². The van der Waals surface area contributed by atoms with Gasteiger partial charge in [0.2, 0.25) is 0 Å². The van der Waals surface area contributed by atoms with Crippen molar-refractivity contribution in [1.82, 2.24) is 14.9 Å². The maximum atomic E-state index is 13.1. The molecule has 4 rings (SSSR count). The molecule has 2 aromatic rings. The number of carbonyl (C=O) groups is 1. The molecule has 0 spiro atoms. The van der Waals surface area contributed by atoms with Gasteiger partial charge in [0.15, 0.2) is 0 Å². The first-order valence-corrected chi connectivity index (χ1v) is 12.0. The number of ether oxygens (including phenoxy) is 1. The number of benzene rings is 1. The summed E-state index contributed by atoms with van der Waals surface area (Å²) in [5.41, 5.74) is 1.88. The average Bonchev–Trinajstić information content (AvgIpc) is 3.11. The summed E-state index contributed by atoms with van der Waals surface area (Å²) in [4.78, 5) is 17.8. The van der Waals surface area contributed by atoms with Crippen molar-refractivity contribution in [2.45, 2.75) is 90.1 Å². The Morgan fingerprint density at radius 1 is 1.03 bits per heavy atom. The van der Waals surface area contributed by atoms with E-state index in [1.165, 1.54) is 37.8 Å². The zero-order valence-electron chi connectivity index (χ0n) is 19.1. The summed E-state index contributed by atoms with van der Waals surface area (Å²) in [6.07, 6.45) is 6.62. The minimum atomic E-state index is -4.73. The van der Waals surface area contributed by atoms with Crippen LogP contribution in [0.2, 0.25) is 0 Å². The van der Waals surface area contributed by atoms with Crippen molar-refractivity contribution < 1.29 is 22.7 Å². The van der Waals surface area contributed by atoms with Gasteiger partial charge in [0.1, 0.15) is 17.3 Å². The Hall–Kier alpha value is -2.51. The van der Waals surface area contributed by atoms with Crippen LogP contribution in [0.15, 0.2) is 24.3 Å². The fourth-order valence-corrected chi connectivity index (χ4v) is 5.13. The lowest BCUT2D eigenvalue weighted by Crippen LogP contribution is -2.36. The zero-order valence-corrected chi connectivity index (χ0v) is 19.1. The summed E-state index contributed by atoms with van der Waals surface area (Å²) in [6, 6.07) is 5.90. The van der Waals surface area contributed by atoms with Gasteiger partial charge in [0, 0.05) is 23.8 Å². The Balaban J connectivity index is 1.62. The third kappa shape index (κ3) is 6.09. The molecule has 1 aromatic heterocycles. The molecule has 2 aliphatic carbocycles. The molecule has 0 saturated heterocycles. The Morgan fingerprint density at radius 3 is 2.24 bits per heavy atom. The maximum absolute atomic E-state index is 13.1. The van der Waals surface area contributed by atoms with E-state index in [-0.39, 0.29) is 17.7 Å². The second kappa shape index (κ2) is 10.2. The van der Waals surface area contributed by atoms with E-state index in [1.54, 1.807) is 12.1 Å². The van der Waals surface area contributed by atoms with Gasteiger partial charge in [-0.1, -0.05) is 38.5 Å². The first-order valence-electron chi connectivity index (χ1n) is 12.0. The third-order valence-corrected chi connectivity index (χ3v) is 6.89. The highest BCUT2D eigenvalue weighted by Gasteiger charge is 2.31. The summed E-state index contributed by atoms with van der Waals surface area (Å²) >= 11 is 0. The molecule has 0 bridgehead atoms. The van der Waals surface area contributed by atoms with Crippen LogP contribution in [-0.2, 0) is 6.54 Å². The molecular weight excluding hydrogens is 431 g/mol. The van der Waals surface area contributed by atoms with Crippen LogP contribution in [0.4, 0.5) is 13.2 Å². The summed E-state index contributed by atoms with van der Waals surface area (Å²) < 4.78 is 43.7. The SMILES string of the molecule is Cc1c(C(=O)NC2CCCCC2)nc(-c2ccc(OC(F)(F)F)cc2)n1CC1CCCCC1. The van der Waals surface area contributed by atoms with Crippen molar-refractivity contribution in [2.24, 2.45) is 5.92 Å². The Kier molecular flexibility index (Phi) is 7.29. The van der Waals surface area contributed by atoms with Crippen LogP contribution in [0.5, 0.6) is 5.75 Å². The molecule has 0 radical (unpaired) electrons. The second-order valence-corrected chi connectivity index (χ2v) is 9.36. The molecule has 180 valence electrons. The monoisotopic (exact) mass is 463 g/mol. The number of halogens is 3. The molecule has 1 heterocycles. The fraction of sp³-hybridized carbons (Fsp3) is 0.600. The quantitative estimate of drug-likeness (QED) is 0.539. The maximum Gasteiger partial charge on any atom is 0.573 e. The van der Waals surface area contributed by atoms with Crippen LogP contribution < -0.4 is 10.1 Å². The van der Waals surface area contributed by atoms with Crippen molar-refractivity contribution in [2.75, 3.05) is 0 Å². The molecule has 1 aromatic carbocycles. The van der Waals surface area contributed by atoms with Crippen LogP contribution in [0.3, 0.4) is 0 Å². The lowest BCUT2D eigenvalue weighted by atomic mass is 9.89. The summed E-state index contributed by atoms with van der Waals surface area (Å²) in [5.74, 6) is 0.682. The largest absolute Gasteiger partial charge is 0.573 e. The number of amides is 1. The van der Waals surface area contributed by atoms with Crippen molar-refractivity contribution in [3.05, 3.63) is 35.7 Å². The van der Waals surface area contributed by atoms with E-state index in [9.17, 15) is 18.0 Å². The normalized spacial score (nSPS) is 18.3. The van der Waals surface area contributed by atoms with Crippen LogP contribution in [0.25, 0.3) is 11.4 Å². The summed E-state index contributed by atoms with van der Waals surface area (Å²) in [6.45, 7) is 2.67. The number of aromatic nitrogens is 2. The van der Waals surface area contributed by atoms with Crippen LogP contribution in [0.1, 0.15) is 80.4 Å². The number of nitrogens with one attached hydrogen (secondary N) is 1. The van der Waals surface area contributed by atoms with E-state index in [2.05, 4.69) is 14.6 Å². The number of hydrogen-bond acceptors (Lipinski definition) is 3. The Labute approximate surface area is 192 Å². The third-order valence-electron chi connectivity index (χ3n) is 6.89. The molecule has 0 atom stereocenters. The average molecular weight is 464 g/mol. The lowest BCUT2D eigenvalue weighted by Gasteiger charge is -2.24. The molecule has 2 fully saturated rings. The van der Waals surface area contributed by atoms with Gasteiger partial charge in [-0.15, -0.1) is 13.2 Å². The van der Waals surface area contributed by atoms with Gasteiger partial charge < -0.3 is 14.6 Å². The molecule has 1 amide bonds. The van der Waals surface area contributed by atoms with Crippen LogP contribution in [0, 0.1) is 12.8 Å². The molecule has 2 aliphatic rings. The molecule has 8 heteroatoms. The molecule has 0 unspecified atom stereocenters. The number of rotatable bonds is 6. The van der Waals surface area contributed by atoms with Crippen molar-refractivity contribution in [1.29, 1.82) is 0 Å². The van der Waals surface area contributed by atoms with Gasteiger partial charge in [-0.3, -0.25) is 4.79 Å². The van der Waals surface area contributed by atoms with Crippen molar-refractivity contribution >= 4 is 5.91 Å². The van der Waals surface area contributed by atoms with Gasteiger partial charge in [-0.25, -0.2) is 4.98 Å². The number of alkyl halides is 3. The predicted octanol–water partition coefficient (Wildman–Crippen LogP) is 6.40. The predicted molar refractivity (Wildman–Crippen MR) is 120 cm³/mol. The first kappa shape index (κ1) is 23.6. The number of carbonyl (C=O) groups excluding carboxylic acids is 1. The van der Waals surface area contributed by atoms with Crippen LogP contribution >= 0.6 is 0 Å². The van der Waals surface area contributed by atoms with Gasteiger partial charge in [0.05, 0.1) is 0 Å². The minimum Gasteiger partial charge on any atom is -0.406 e. The highest BCUT2D eigenvalue weighted by Crippen LogP contribution is 2.31. The van der Waals surface area contributed by atoms with Crippen molar-refractivity contribution in [3.63, 3.8) is 0 Å². The smallest absolute Gasteiger partial charge is 0.406 e. The van der Waals surface area contributed by atoms with Crippen molar-refractivity contribution in [3.8, 4) is 17.1 Å². The molecule has 33 heavy (non-hydrogen) atoms. The standard InChI is InChI=1S/C25H32F3N3O2/c1-17-22(24(32)29-20-10-6-3-7-11-20)30-23(31(17)16-18-8-4-2-5-9-18)19-12-14-21(15-13-19)33-25(26,27)28/h12-15,18,20H,2-11,16H2,1H3,(H,29,32). The Bertz CT molecular complexity index is 941. The topological polar surface area (TPSA) is 56.1 Å². The molecule has 0 aliphatic heterocycles. The summed E-state index contributed by atoms with van der Waals surface area (Å²) in [5, 5.41) is 3.15. The number of imidazole rings is 1. The minimum absolute atomic E-state index is 0.167. The van der Waals surface area contributed by atoms with Gasteiger partial charge in [-0.05, 0) is 62.8 Å². The first-order chi connectivity index (χ1) is 15.8.